The molecule has 2 aromatic carbocycles. The van der Waals surface area contributed by atoms with Crippen molar-refractivity contribution in [3.8, 4) is 0 Å². The smallest absolute Gasteiger partial charge is 0.246 e. The van der Waals surface area contributed by atoms with Gasteiger partial charge in [-0.05, 0) is 88.3 Å². The number of benzene rings is 2. The van der Waals surface area contributed by atoms with Crippen molar-refractivity contribution in [2.45, 2.75) is 145 Å². The first-order valence-corrected chi connectivity index (χ1v) is 27.5. The number of nitrogens with one attached hydrogen (secondary N) is 8. The zero-order valence-electron chi connectivity index (χ0n) is 46.2. The molecule has 9 atom stereocenters. The highest BCUT2D eigenvalue weighted by Gasteiger charge is 2.42. The molecule has 3 aliphatic heterocycles. The maximum absolute atomic E-state index is 14.9. The normalized spacial score (nSPS) is 22.1. The molecule has 18 N–H and O–H groups in total. The number of hydrogen-bond acceptors (Lipinski definition) is 12. The number of amides is 10. The summed E-state index contributed by atoms with van der Waals surface area (Å²) in [5.74, 6) is -7.28. The molecule has 0 spiro atoms. The minimum Gasteiger partial charge on any atom is -0.370 e. The van der Waals surface area contributed by atoms with E-state index in [1.165, 1.54) is 35.8 Å². The van der Waals surface area contributed by atoms with Gasteiger partial charge in [0.15, 0.2) is 11.9 Å². The lowest BCUT2D eigenvalue weighted by atomic mass is 10.0. The van der Waals surface area contributed by atoms with E-state index >= 15 is 0 Å². The molecule has 3 aliphatic rings. The fourth-order valence-electron chi connectivity index (χ4n) is 10.3. The average Bonchev–Trinajstić information content (AvgIpc) is 4.35. The van der Waals surface area contributed by atoms with Gasteiger partial charge in [-0.1, -0.05) is 60.7 Å². The first kappa shape index (κ1) is 62.2. The van der Waals surface area contributed by atoms with Crippen LogP contribution in [0, 0.1) is 0 Å². The second kappa shape index (κ2) is 30.0. The van der Waals surface area contributed by atoms with Crippen molar-refractivity contribution in [3.63, 3.8) is 0 Å². The zero-order valence-corrected chi connectivity index (χ0v) is 46.2. The monoisotopic (exact) mass is 1140 g/mol. The van der Waals surface area contributed by atoms with Crippen molar-refractivity contribution in [2.24, 2.45) is 38.7 Å². The van der Waals surface area contributed by atoms with E-state index in [2.05, 4.69) is 52.2 Å². The van der Waals surface area contributed by atoms with E-state index in [-0.39, 0.29) is 95.9 Å². The van der Waals surface area contributed by atoms with Crippen LogP contribution in [0.15, 0.2) is 82.9 Å². The lowest BCUT2D eigenvalue weighted by Crippen LogP contribution is -2.60. The third-order valence-corrected chi connectivity index (χ3v) is 14.5. The van der Waals surface area contributed by atoms with Crippen LogP contribution in [0.4, 0.5) is 0 Å². The Morgan fingerprint density at radius 3 is 2.05 bits per heavy atom. The number of carbonyl (C=O) groups is 10. The Kier molecular flexibility index (Phi) is 22.7. The van der Waals surface area contributed by atoms with Crippen molar-refractivity contribution in [2.75, 3.05) is 26.2 Å². The summed E-state index contributed by atoms with van der Waals surface area (Å²) in [4.78, 5) is 154. The standard InChI is InChI=1S/C55H77N17O10/c1-31-46(75)68-40(52(81)71-26-13-23-44(71)51(80)66-37(45(56)74)20-10-24-61-54(57)58)19-9-8-18-39(48(77)70-42(28-33-14-4-3-5-15-33)53(82)72-27-12-22-43(72)50(79)64-31)67-49(78)41(29-34-30-63-36-17-7-6-16-35(34)36)69-47(76)38(65-32(2)73)21-11-25-62-55(59)60/h3-9,14-17,30-31,37-44,63H,10-13,18-29H2,1-2H3,(H2,56,74)(H,64,79)(H,65,73)(H,66,80)(H,67,78)(H,68,75)(H,69,76)(H,70,77)(H4,57,58,61)(H4,59,60,62)/b9-8-/t31-,37-,38-,39-,40-,41-,42-,43-,44-/m0/s1. The number of rotatable bonds is 21. The Bertz CT molecular complexity index is 2890. The fourth-order valence-corrected chi connectivity index (χ4v) is 10.3. The minimum atomic E-state index is -1.47. The number of nitrogens with two attached hydrogens (primary N) is 5. The number of primary amides is 1. The number of para-hydroxylation sites is 1. The van der Waals surface area contributed by atoms with E-state index < -0.39 is 113 Å². The van der Waals surface area contributed by atoms with E-state index in [1.54, 1.807) is 36.5 Å². The molecule has 27 nitrogen and oxygen atoms in total. The topological polar surface area (TPSA) is 432 Å². The minimum absolute atomic E-state index is 0.0134. The van der Waals surface area contributed by atoms with E-state index in [0.717, 1.165) is 10.9 Å². The Morgan fingerprint density at radius 2 is 1.37 bits per heavy atom. The molecule has 0 saturated carbocycles. The van der Waals surface area contributed by atoms with Gasteiger partial charge in [-0.15, -0.1) is 0 Å². The lowest BCUT2D eigenvalue weighted by Gasteiger charge is -2.31. The van der Waals surface area contributed by atoms with Crippen LogP contribution in [-0.2, 0) is 60.8 Å². The van der Waals surface area contributed by atoms with Crippen LogP contribution < -0.4 is 65.9 Å². The molecule has 82 heavy (non-hydrogen) atoms. The predicted octanol–water partition coefficient (Wildman–Crippen LogP) is -2.69. The Morgan fingerprint density at radius 1 is 0.707 bits per heavy atom. The molecule has 0 radical (unpaired) electrons. The molecule has 1 aromatic heterocycles. The quantitative estimate of drug-likeness (QED) is 0.0224. The molecule has 3 aromatic rings. The van der Waals surface area contributed by atoms with Crippen LogP contribution in [0.2, 0.25) is 0 Å². The second-order valence-corrected chi connectivity index (χ2v) is 20.7. The summed E-state index contributed by atoms with van der Waals surface area (Å²) in [5, 5.41) is 19.9. The maximum Gasteiger partial charge on any atom is 0.246 e. The number of aromatic amines is 1. The molecule has 2 fully saturated rings. The largest absolute Gasteiger partial charge is 0.370 e. The van der Waals surface area contributed by atoms with Crippen molar-refractivity contribution in [3.05, 3.63) is 84.1 Å². The third-order valence-electron chi connectivity index (χ3n) is 14.5. The Hall–Kier alpha value is -9.04. The molecule has 6 rings (SSSR count). The number of nitrogens with zero attached hydrogens (tertiary/aromatic N) is 4. The van der Waals surface area contributed by atoms with Crippen molar-refractivity contribution >= 4 is 81.9 Å². The van der Waals surface area contributed by atoms with Gasteiger partial charge in [-0.3, -0.25) is 57.9 Å². The van der Waals surface area contributed by atoms with Gasteiger partial charge >= 0.3 is 0 Å². The highest BCUT2D eigenvalue weighted by molar-refractivity contribution is 5.99. The van der Waals surface area contributed by atoms with Gasteiger partial charge in [-0.25, -0.2) is 0 Å². The number of H-pyrrole nitrogens is 1. The van der Waals surface area contributed by atoms with Crippen molar-refractivity contribution in [1.29, 1.82) is 0 Å². The summed E-state index contributed by atoms with van der Waals surface area (Å²) in [7, 11) is 0. The summed E-state index contributed by atoms with van der Waals surface area (Å²) in [6.45, 7) is 3.24. The average molecular weight is 1140 g/mol. The molecule has 4 heterocycles. The number of carbonyl (C=O) groups excluding carboxylic acids is 10. The summed E-state index contributed by atoms with van der Waals surface area (Å²) in [6.07, 6.45) is 6.15. The molecular weight excluding hydrogens is 1060 g/mol. The predicted molar refractivity (Wildman–Crippen MR) is 304 cm³/mol. The highest BCUT2D eigenvalue weighted by atomic mass is 16.2. The van der Waals surface area contributed by atoms with E-state index in [4.69, 9.17) is 28.7 Å². The van der Waals surface area contributed by atoms with E-state index in [0.29, 0.717) is 30.4 Å². The van der Waals surface area contributed by atoms with Crippen LogP contribution in [0.5, 0.6) is 0 Å². The van der Waals surface area contributed by atoms with Gasteiger partial charge in [-0.2, -0.15) is 0 Å². The van der Waals surface area contributed by atoms with Crippen LogP contribution in [0.3, 0.4) is 0 Å². The van der Waals surface area contributed by atoms with Gasteiger partial charge in [0.1, 0.15) is 54.4 Å². The lowest BCUT2D eigenvalue weighted by molar-refractivity contribution is -0.143. The first-order valence-electron chi connectivity index (χ1n) is 27.5. The molecule has 0 aliphatic carbocycles. The maximum atomic E-state index is 14.9. The van der Waals surface area contributed by atoms with Gasteiger partial charge in [0.25, 0.3) is 0 Å². The van der Waals surface area contributed by atoms with Gasteiger partial charge in [0, 0.05) is 63.0 Å². The highest BCUT2D eigenvalue weighted by Crippen LogP contribution is 2.24. The zero-order chi connectivity index (χ0) is 59.5. The van der Waals surface area contributed by atoms with Crippen LogP contribution in [-0.4, -0.2) is 166 Å². The van der Waals surface area contributed by atoms with Crippen molar-refractivity contribution < 1.29 is 47.9 Å². The van der Waals surface area contributed by atoms with Crippen LogP contribution in [0.25, 0.3) is 10.9 Å². The SMILES string of the molecule is CC(=O)N[C@@H](CCCN=C(N)N)C(=O)N[C@@H](Cc1c[nH]c2ccccc12)C(=O)N[C@H]1C/C=C\C[C@@H](C(=O)N2CCC[C@H]2C(=O)N[C@@H](CCCN=C(N)N)C(N)=O)NC(=O)[C@H](C)NC(=O)[C@@H]2CCCN2C(=O)[C@H](Cc2ccccc2)NC1=O. The Balaban J connectivity index is 1.34. The molecule has 2 saturated heterocycles. The van der Waals surface area contributed by atoms with E-state index in [1.807, 2.05) is 24.3 Å². The summed E-state index contributed by atoms with van der Waals surface area (Å²) >= 11 is 0. The number of fused-ring (bicyclic) bond motifs is 2. The summed E-state index contributed by atoms with van der Waals surface area (Å²) in [5.41, 5.74) is 29.5. The summed E-state index contributed by atoms with van der Waals surface area (Å²) in [6, 6.07) is 5.15. The third kappa shape index (κ3) is 17.7. The van der Waals surface area contributed by atoms with Crippen molar-refractivity contribution in [1.82, 2.24) is 52.0 Å². The van der Waals surface area contributed by atoms with Gasteiger partial charge in [0.05, 0.1) is 0 Å². The van der Waals surface area contributed by atoms with Crippen LogP contribution >= 0.6 is 0 Å². The first-order chi connectivity index (χ1) is 39.2. The number of hydrogen-bond donors (Lipinski definition) is 13. The number of likely N-dealkylation sites (tertiary alicyclic amines) is 1. The molecule has 0 unspecified atom stereocenters. The van der Waals surface area contributed by atoms with Crippen LogP contribution in [0.1, 0.15) is 89.2 Å². The molecular formula is C55H77N17O10. The molecule has 0 bridgehead atoms. The van der Waals surface area contributed by atoms with Gasteiger partial charge < -0.3 is 80.7 Å². The molecule has 442 valence electrons. The number of aliphatic imine (C=N–C) groups is 2. The van der Waals surface area contributed by atoms with E-state index in [9.17, 15) is 47.9 Å². The molecule has 27 heteroatoms. The summed E-state index contributed by atoms with van der Waals surface area (Å²) < 4.78 is 0. The number of guanidine groups is 2. The fraction of sp³-hybridized carbons (Fsp3) is 0.491. The second-order valence-electron chi connectivity index (χ2n) is 20.7. The number of aromatic nitrogens is 1. The van der Waals surface area contributed by atoms with Gasteiger partial charge in [0.2, 0.25) is 59.1 Å². The Labute approximate surface area is 474 Å². The molecule has 10 amide bonds.